The maximum Gasteiger partial charge on any atom is 0.491 e. The molecule has 13 heteroatoms. The molecule has 2 amide bonds. The van der Waals surface area contributed by atoms with Gasteiger partial charge in [-0.25, -0.2) is 14.6 Å². The molecule has 2 atom stereocenters. The van der Waals surface area contributed by atoms with Crippen LogP contribution in [0.1, 0.15) is 23.2 Å². The molecule has 10 nitrogen and oxygen atoms in total. The van der Waals surface area contributed by atoms with E-state index < -0.39 is 35.9 Å². The smallest absolute Gasteiger partial charge is 0.465 e. The predicted octanol–water partition coefficient (Wildman–Crippen LogP) is 2.68. The van der Waals surface area contributed by atoms with Crippen molar-refractivity contribution in [2.75, 3.05) is 29.0 Å². The molecule has 180 valence electrons. The molecule has 1 aliphatic carbocycles. The fraction of sp³-hybridized carbons (Fsp3) is 0.333. The minimum absolute atomic E-state index is 0.0821. The standard InChI is InChI=1S/C21H20F3N5O5/c22-21(23,24)18(31)34-20-8-7-15(20)28(9-10-29(20)19(32)33)16-6-5-12(11-26-16)17(30)27-14-4-2-1-3-13(14)25/h1-6,11,15H,7-10,25H2,(H,27,30)(H,32,33). The molecule has 2 unspecified atom stereocenters. The highest BCUT2D eigenvalue weighted by Crippen LogP contribution is 2.47. The average Bonchev–Trinajstić information content (AvgIpc) is 2.76. The third-order valence-corrected chi connectivity index (χ3v) is 5.94. The summed E-state index contributed by atoms with van der Waals surface area (Å²) in [5.41, 5.74) is 4.86. The molecule has 1 saturated heterocycles. The molecule has 2 aliphatic rings. The van der Waals surface area contributed by atoms with Gasteiger partial charge in [0.15, 0.2) is 0 Å². The number of piperazine rings is 1. The number of para-hydroxylation sites is 2. The molecule has 4 N–H and O–H groups in total. The van der Waals surface area contributed by atoms with Gasteiger partial charge >= 0.3 is 18.2 Å². The first-order valence-corrected chi connectivity index (χ1v) is 10.2. The molecule has 0 bridgehead atoms. The zero-order valence-electron chi connectivity index (χ0n) is 17.6. The number of carboxylic acid groups (broad SMARTS) is 1. The monoisotopic (exact) mass is 479 g/mol. The van der Waals surface area contributed by atoms with Crippen LogP contribution in [0.15, 0.2) is 42.6 Å². The number of aromatic nitrogens is 1. The Morgan fingerprint density at radius 2 is 1.91 bits per heavy atom. The molecule has 2 heterocycles. The number of hydrogen-bond donors (Lipinski definition) is 3. The van der Waals surface area contributed by atoms with Crippen molar-refractivity contribution in [1.29, 1.82) is 0 Å². The zero-order chi connectivity index (χ0) is 24.7. The van der Waals surface area contributed by atoms with Gasteiger partial charge in [-0.15, -0.1) is 0 Å². The number of carbonyl (C=O) groups is 3. The molecule has 0 radical (unpaired) electrons. The lowest BCUT2D eigenvalue weighted by Crippen LogP contribution is -2.76. The van der Waals surface area contributed by atoms with Gasteiger partial charge in [0, 0.05) is 25.7 Å². The summed E-state index contributed by atoms with van der Waals surface area (Å²) in [6.45, 7) is -0.0877. The van der Waals surface area contributed by atoms with Gasteiger partial charge < -0.3 is 25.8 Å². The number of benzene rings is 1. The van der Waals surface area contributed by atoms with E-state index in [1.54, 1.807) is 29.2 Å². The Balaban J connectivity index is 1.54. The van der Waals surface area contributed by atoms with Crippen LogP contribution in [0.2, 0.25) is 0 Å². The fourth-order valence-electron chi connectivity index (χ4n) is 4.21. The second-order valence-corrected chi connectivity index (χ2v) is 7.86. The van der Waals surface area contributed by atoms with Crippen molar-refractivity contribution in [3.05, 3.63) is 48.2 Å². The number of carbonyl (C=O) groups excluding carboxylic acids is 2. The van der Waals surface area contributed by atoms with Gasteiger partial charge in [0.2, 0.25) is 5.72 Å². The molecular weight excluding hydrogens is 459 g/mol. The quantitative estimate of drug-likeness (QED) is 0.450. The number of amides is 2. The van der Waals surface area contributed by atoms with Crippen LogP contribution in [0.25, 0.3) is 0 Å². The summed E-state index contributed by atoms with van der Waals surface area (Å²) in [6, 6.07) is 8.80. The lowest BCUT2D eigenvalue weighted by Gasteiger charge is -2.60. The number of esters is 1. The molecule has 34 heavy (non-hydrogen) atoms. The third kappa shape index (κ3) is 4.04. The van der Waals surface area contributed by atoms with E-state index in [2.05, 4.69) is 10.3 Å². The number of pyridine rings is 1. The summed E-state index contributed by atoms with van der Waals surface area (Å²) < 4.78 is 43.3. The van der Waals surface area contributed by atoms with E-state index in [1.807, 2.05) is 0 Å². The number of alkyl halides is 3. The zero-order valence-corrected chi connectivity index (χ0v) is 17.6. The van der Waals surface area contributed by atoms with Crippen molar-refractivity contribution in [3.63, 3.8) is 0 Å². The highest BCUT2D eigenvalue weighted by Gasteiger charge is 2.63. The number of nitrogens with zero attached hydrogens (tertiary/aromatic N) is 3. The van der Waals surface area contributed by atoms with E-state index in [0.717, 1.165) is 4.90 Å². The molecule has 0 spiro atoms. The minimum Gasteiger partial charge on any atom is -0.465 e. The Morgan fingerprint density at radius 1 is 1.18 bits per heavy atom. The molecule has 1 aromatic carbocycles. The van der Waals surface area contributed by atoms with Gasteiger partial charge in [0.25, 0.3) is 5.91 Å². The van der Waals surface area contributed by atoms with Gasteiger partial charge in [-0.05, 0) is 30.7 Å². The minimum atomic E-state index is -5.27. The summed E-state index contributed by atoms with van der Waals surface area (Å²) >= 11 is 0. The van der Waals surface area contributed by atoms with E-state index in [0.29, 0.717) is 17.2 Å². The Labute approximate surface area is 191 Å². The highest BCUT2D eigenvalue weighted by atomic mass is 19.4. The van der Waals surface area contributed by atoms with E-state index in [1.165, 1.54) is 18.3 Å². The summed E-state index contributed by atoms with van der Waals surface area (Å²) in [4.78, 5) is 42.3. The summed E-state index contributed by atoms with van der Waals surface area (Å²) in [5, 5.41) is 12.2. The fourth-order valence-corrected chi connectivity index (χ4v) is 4.21. The largest absolute Gasteiger partial charge is 0.491 e. The average molecular weight is 479 g/mol. The van der Waals surface area contributed by atoms with E-state index in [4.69, 9.17) is 10.5 Å². The van der Waals surface area contributed by atoms with Gasteiger partial charge in [-0.1, -0.05) is 12.1 Å². The number of nitrogens with two attached hydrogens (primary N) is 1. The molecule has 1 aromatic heterocycles. The molecule has 1 aliphatic heterocycles. The first kappa shape index (κ1) is 23.1. The number of halogens is 3. The number of ether oxygens (including phenoxy) is 1. The van der Waals surface area contributed by atoms with Gasteiger partial charge in [-0.3, -0.25) is 9.69 Å². The van der Waals surface area contributed by atoms with Crippen molar-refractivity contribution >= 4 is 35.2 Å². The van der Waals surface area contributed by atoms with E-state index in [9.17, 15) is 32.7 Å². The van der Waals surface area contributed by atoms with Crippen LogP contribution < -0.4 is 16.0 Å². The molecular formula is C21H20F3N5O5. The van der Waals surface area contributed by atoms with Gasteiger partial charge in [-0.2, -0.15) is 13.2 Å². The van der Waals surface area contributed by atoms with Crippen molar-refractivity contribution in [3.8, 4) is 0 Å². The molecule has 4 rings (SSSR count). The highest BCUT2D eigenvalue weighted by molar-refractivity contribution is 6.05. The molecule has 2 fully saturated rings. The number of fused-ring (bicyclic) bond motifs is 1. The topological polar surface area (TPSA) is 138 Å². The lowest BCUT2D eigenvalue weighted by molar-refractivity contribution is -0.250. The van der Waals surface area contributed by atoms with Crippen LogP contribution in [-0.4, -0.2) is 64.0 Å². The van der Waals surface area contributed by atoms with Crippen LogP contribution in [-0.2, 0) is 9.53 Å². The van der Waals surface area contributed by atoms with Crippen molar-refractivity contribution in [1.82, 2.24) is 9.88 Å². The number of anilines is 3. The SMILES string of the molecule is Nc1ccccc1NC(=O)c1ccc(N2CCN(C(=O)O)C3(OC(=O)C(F)(F)F)CCC23)nc1. The predicted molar refractivity (Wildman–Crippen MR) is 113 cm³/mol. The Kier molecular flexibility index (Phi) is 5.71. The van der Waals surface area contributed by atoms with Gasteiger partial charge in [0.1, 0.15) is 5.82 Å². The third-order valence-electron chi connectivity index (χ3n) is 5.94. The summed E-state index contributed by atoms with van der Waals surface area (Å²) in [5.74, 6) is -2.62. The van der Waals surface area contributed by atoms with Crippen molar-refractivity contribution < 1.29 is 37.4 Å². The molecule has 2 aromatic rings. The normalized spacial score (nSPS) is 21.8. The Hall–Kier alpha value is -4.03. The number of nitrogen functional groups attached to an aromatic ring is 1. The second-order valence-electron chi connectivity index (χ2n) is 7.86. The number of rotatable bonds is 4. The maximum absolute atomic E-state index is 12.9. The van der Waals surface area contributed by atoms with E-state index in [-0.39, 0.29) is 31.5 Å². The maximum atomic E-state index is 12.9. The lowest BCUT2D eigenvalue weighted by atomic mass is 9.77. The Morgan fingerprint density at radius 3 is 2.47 bits per heavy atom. The molecule has 1 saturated carbocycles. The summed E-state index contributed by atoms with van der Waals surface area (Å²) in [6.07, 6.45) is -5.26. The Bertz CT molecular complexity index is 1130. The first-order chi connectivity index (χ1) is 16.0. The van der Waals surface area contributed by atoms with Gasteiger partial charge in [0.05, 0.1) is 23.0 Å². The van der Waals surface area contributed by atoms with Crippen LogP contribution in [0, 0.1) is 0 Å². The second kappa shape index (κ2) is 8.39. The van der Waals surface area contributed by atoms with Crippen molar-refractivity contribution in [2.45, 2.75) is 30.8 Å². The number of nitrogens with one attached hydrogen (secondary N) is 1. The van der Waals surface area contributed by atoms with E-state index >= 15 is 0 Å². The van der Waals surface area contributed by atoms with Crippen LogP contribution >= 0.6 is 0 Å². The van der Waals surface area contributed by atoms with Crippen LogP contribution in [0.3, 0.4) is 0 Å². The van der Waals surface area contributed by atoms with Crippen LogP contribution in [0.5, 0.6) is 0 Å². The summed E-state index contributed by atoms with van der Waals surface area (Å²) in [7, 11) is 0. The van der Waals surface area contributed by atoms with Crippen molar-refractivity contribution in [2.24, 2.45) is 0 Å². The van der Waals surface area contributed by atoms with Crippen LogP contribution in [0.4, 0.5) is 35.2 Å². The first-order valence-electron chi connectivity index (χ1n) is 10.2. The number of hydrogen-bond acceptors (Lipinski definition) is 7.